The smallest absolute Gasteiger partial charge is 0.0544 e. The normalized spacial score (nSPS) is 21.7. The minimum atomic E-state index is 0.695. The second-order valence-corrected chi connectivity index (χ2v) is 6.85. The van der Waals surface area contributed by atoms with Crippen molar-refractivity contribution in [1.29, 1.82) is 0 Å². The summed E-state index contributed by atoms with van der Waals surface area (Å²) < 4.78 is 0. The lowest BCUT2D eigenvalue weighted by Gasteiger charge is -2.16. The van der Waals surface area contributed by atoms with Crippen molar-refractivity contribution < 1.29 is 0 Å². The van der Waals surface area contributed by atoms with E-state index in [1.165, 1.54) is 24.2 Å². The quantitative estimate of drug-likeness (QED) is 0.790. The highest BCUT2D eigenvalue weighted by atomic mass is 15.1. The van der Waals surface area contributed by atoms with Gasteiger partial charge in [0, 0.05) is 25.8 Å². The van der Waals surface area contributed by atoms with E-state index in [4.69, 9.17) is 0 Å². The van der Waals surface area contributed by atoms with Crippen LogP contribution >= 0.6 is 0 Å². The van der Waals surface area contributed by atoms with Crippen molar-refractivity contribution in [3.05, 3.63) is 29.6 Å². The van der Waals surface area contributed by atoms with E-state index in [2.05, 4.69) is 55.2 Å². The van der Waals surface area contributed by atoms with E-state index >= 15 is 0 Å². The minimum Gasteiger partial charge on any atom is -0.312 e. The van der Waals surface area contributed by atoms with E-state index in [-0.39, 0.29) is 0 Å². The highest BCUT2D eigenvalue weighted by Crippen LogP contribution is 2.38. The zero-order valence-electron chi connectivity index (χ0n) is 13.4. The van der Waals surface area contributed by atoms with Gasteiger partial charge in [0.2, 0.25) is 0 Å². The number of aromatic nitrogens is 1. The zero-order valence-corrected chi connectivity index (χ0v) is 13.4. The van der Waals surface area contributed by atoms with E-state index in [1.807, 2.05) is 6.20 Å². The summed E-state index contributed by atoms with van der Waals surface area (Å²) in [5.74, 6) is 2.54. The molecule has 1 heterocycles. The van der Waals surface area contributed by atoms with Crippen molar-refractivity contribution in [3.8, 4) is 0 Å². The molecule has 1 aromatic rings. The van der Waals surface area contributed by atoms with E-state index in [0.717, 1.165) is 31.5 Å². The van der Waals surface area contributed by atoms with Crippen molar-refractivity contribution in [2.75, 3.05) is 20.1 Å². The van der Waals surface area contributed by atoms with Crippen LogP contribution in [-0.4, -0.2) is 30.0 Å². The topological polar surface area (TPSA) is 28.2 Å². The Labute approximate surface area is 123 Å². The molecule has 1 aromatic heterocycles. The first-order valence-electron chi connectivity index (χ1n) is 7.87. The van der Waals surface area contributed by atoms with Crippen molar-refractivity contribution >= 4 is 0 Å². The number of hydrogen-bond acceptors (Lipinski definition) is 3. The molecule has 20 heavy (non-hydrogen) atoms. The Bertz CT molecular complexity index is 399. The maximum Gasteiger partial charge on any atom is 0.0544 e. The molecule has 1 N–H and O–H groups in total. The van der Waals surface area contributed by atoms with Gasteiger partial charge < -0.3 is 10.2 Å². The largest absolute Gasteiger partial charge is 0.312 e. The van der Waals surface area contributed by atoms with E-state index < -0.39 is 0 Å². The average Bonchev–Trinajstić information content (AvgIpc) is 3.06. The molecule has 0 bridgehead atoms. The summed E-state index contributed by atoms with van der Waals surface area (Å²) >= 11 is 0. The molecular formula is C17H29N3. The van der Waals surface area contributed by atoms with Crippen LogP contribution in [0.2, 0.25) is 0 Å². The van der Waals surface area contributed by atoms with E-state index in [0.29, 0.717) is 5.92 Å². The van der Waals surface area contributed by atoms with Crippen LogP contribution < -0.4 is 5.32 Å². The average molecular weight is 275 g/mol. The lowest BCUT2D eigenvalue weighted by atomic mass is 10.2. The lowest BCUT2D eigenvalue weighted by Crippen LogP contribution is -2.22. The van der Waals surface area contributed by atoms with Crippen LogP contribution in [0, 0.1) is 17.8 Å². The van der Waals surface area contributed by atoms with Gasteiger partial charge in [-0.25, -0.2) is 0 Å². The summed E-state index contributed by atoms with van der Waals surface area (Å²) in [5, 5.41) is 3.45. The predicted octanol–water partition coefficient (Wildman–Crippen LogP) is 2.92. The first kappa shape index (κ1) is 15.5. The second kappa shape index (κ2) is 7.19. The van der Waals surface area contributed by atoms with Gasteiger partial charge in [-0.1, -0.05) is 26.8 Å². The number of nitrogens with zero attached hydrogens (tertiary/aromatic N) is 2. The molecule has 3 nitrogen and oxygen atoms in total. The van der Waals surface area contributed by atoms with Gasteiger partial charge in [0.15, 0.2) is 0 Å². The third-order valence-corrected chi connectivity index (χ3v) is 4.02. The fourth-order valence-corrected chi connectivity index (χ4v) is 2.55. The molecule has 2 unspecified atom stereocenters. The fraction of sp³-hybridized carbons (Fsp3) is 0.706. The molecule has 0 saturated heterocycles. The summed E-state index contributed by atoms with van der Waals surface area (Å²) in [6.45, 7) is 10.9. The molecule has 0 spiro atoms. The van der Waals surface area contributed by atoms with Crippen molar-refractivity contribution in [2.45, 2.75) is 40.3 Å². The Hall–Kier alpha value is -0.930. The Kier molecular flexibility index (Phi) is 5.55. The molecule has 0 aromatic carbocycles. The van der Waals surface area contributed by atoms with Gasteiger partial charge >= 0.3 is 0 Å². The summed E-state index contributed by atoms with van der Waals surface area (Å²) in [4.78, 5) is 6.98. The monoisotopic (exact) mass is 275 g/mol. The molecule has 0 radical (unpaired) electrons. The van der Waals surface area contributed by atoms with Crippen molar-refractivity contribution in [2.24, 2.45) is 17.8 Å². The van der Waals surface area contributed by atoms with Crippen LogP contribution in [0.25, 0.3) is 0 Å². The molecule has 1 aliphatic carbocycles. The van der Waals surface area contributed by atoms with Crippen LogP contribution in [0.1, 0.15) is 38.4 Å². The SMILES string of the molecule is CC(C)CNCc1ccc(CN(C)CC2CC2C)nc1. The summed E-state index contributed by atoms with van der Waals surface area (Å²) in [6.07, 6.45) is 3.41. The zero-order chi connectivity index (χ0) is 14.5. The molecule has 1 fully saturated rings. The molecular weight excluding hydrogens is 246 g/mol. The molecule has 3 heteroatoms. The molecule has 2 atom stereocenters. The molecule has 2 rings (SSSR count). The summed E-state index contributed by atoms with van der Waals surface area (Å²) in [7, 11) is 2.20. The molecule has 0 amide bonds. The fourth-order valence-electron chi connectivity index (χ4n) is 2.55. The number of rotatable bonds is 8. The Morgan fingerprint density at radius 1 is 1.40 bits per heavy atom. The Morgan fingerprint density at radius 2 is 2.15 bits per heavy atom. The van der Waals surface area contributed by atoms with Crippen LogP contribution in [0.3, 0.4) is 0 Å². The third-order valence-electron chi connectivity index (χ3n) is 4.02. The number of hydrogen-bond donors (Lipinski definition) is 1. The maximum absolute atomic E-state index is 4.58. The van der Waals surface area contributed by atoms with Crippen molar-refractivity contribution in [1.82, 2.24) is 15.2 Å². The van der Waals surface area contributed by atoms with Gasteiger partial charge in [0.05, 0.1) is 5.69 Å². The lowest BCUT2D eigenvalue weighted by molar-refractivity contribution is 0.304. The van der Waals surface area contributed by atoms with Gasteiger partial charge in [-0.2, -0.15) is 0 Å². The van der Waals surface area contributed by atoms with Crippen LogP contribution in [0.15, 0.2) is 18.3 Å². The van der Waals surface area contributed by atoms with Crippen LogP contribution in [0.4, 0.5) is 0 Å². The van der Waals surface area contributed by atoms with Crippen molar-refractivity contribution in [3.63, 3.8) is 0 Å². The highest BCUT2D eigenvalue weighted by molar-refractivity contribution is 5.14. The number of pyridine rings is 1. The second-order valence-electron chi connectivity index (χ2n) is 6.85. The highest BCUT2D eigenvalue weighted by Gasteiger charge is 2.32. The number of nitrogens with one attached hydrogen (secondary N) is 1. The first-order chi connectivity index (χ1) is 9.54. The third kappa shape index (κ3) is 5.22. The molecule has 1 saturated carbocycles. The predicted molar refractivity (Wildman–Crippen MR) is 84.4 cm³/mol. The standard InChI is InChI=1S/C17H29N3/c1-13(2)8-18-9-15-5-6-17(19-10-15)12-20(4)11-16-7-14(16)3/h5-6,10,13-14,16,18H,7-9,11-12H2,1-4H3. The summed E-state index contributed by atoms with van der Waals surface area (Å²) in [5.41, 5.74) is 2.45. The maximum atomic E-state index is 4.58. The van der Waals surface area contributed by atoms with Gasteiger partial charge in [-0.15, -0.1) is 0 Å². The Morgan fingerprint density at radius 3 is 2.70 bits per heavy atom. The van der Waals surface area contributed by atoms with Gasteiger partial charge in [-0.05, 0) is 49.4 Å². The first-order valence-corrected chi connectivity index (χ1v) is 7.87. The van der Waals surface area contributed by atoms with Gasteiger partial charge in [0.25, 0.3) is 0 Å². The molecule has 112 valence electrons. The van der Waals surface area contributed by atoms with E-state index in [9.17, 15) is 0 Å². The summed E-state index contributed by atoms with van der Waals surface area (Å²) in [6, 6.07) is 4.36. The van der Waals surface area contributed by atoms with Gasteiger partial charge in [0.1, 0.15) is 0 Å². The Balaban J connectivity index is 1.73. The minimum absolute atomic E-state index is 0.695. The molecule has 1 aliphatic rings. The van der Waals surface area contributed by atoms with Crippen LogP contribution in [-0.2, 0) is 13.1 Å². The van der Waals surface area contributed by atoms with Gasteiger partial charge in [-0.3, -0.25) is 4.98 Å². The van der Waals surface area contributed by atoms with E-state index in [1.54, 1.807) is 0 Å². The van der Waals surface area contributed by atoms with Crippen LogP contribution in [0.5, 0.6) is 0 Å². The molecule has 0 aliphatic heterocycles.